The summed E-state index contributed by atoms with van der Waals surface area (Å²) in [5.41, 5.74) is 7.97. The SMILES string of the molecule is COC[C@H]1CC(C=Nc2nc(NC3COC3)ncc2C)=C(N)C(=O)N1Cc1ccc(F)c(F)c1. The van der Waals surface area contributed by atoms with E-state index >= 15 is 0 Å². The van der Waals surface area contributed by atoms with Gasteiger partial charge in [-0.2, -0.15) is 4.98 Å². The molecule has 2 aliphatic heterocycles. The number of nitrogens with zero attached hydrogens (tertiary/aromatic N) is 4. The van der Waals surface area contributed by atoms with Crippen LogP contribution in [0, 0.1) is 18.6 Å². The lowest BCUT2D eigenvalue weighted by Gasteiger charge is -2.36. The maximum Gasteiger partial charge on any atom is 0.270 e. The number of amides is 1. The van der Waals surface area contributed by atoms with Crippen molar-refractivity contribution < 1.29 is 23.0 Å². The van der Waals surface area contributed by atoms with E-state index in [0.717, 1.165) is 17.7 Å². The number of methoxy groups -OCH3 is 1. The molecule has 3 heterocycles. The van der Waals surface area contributed by atoms with Gasteiger partial charge in [-0.1, -0.05) is 6.07 Å². The summed E-state index contributed by atoms with van der Waals surface area (Å²) in [5.74, 6) is -1.44. The summed E-state index contributed by atoms with van der Waals surface area (Å²) in [6, 6.07) is 3.35. The fourth-order valence-corrected chi connectivity index (χ4v) is 3.70. The molecule has 1 saturated heterocycles. The number of anilines is 1. The number of nitrogens with two attached hydrogens (primary N) is 1. The molecule has 1 aromatic carbocycles. The third kappa shape index (κ3) is 5.20. The Morgan fingerprint density at radius 3 is 2.82 bits per heavy atom. The number of aliphatic imine (C=N–C) groups is 1. The maximum atomic E-state index is 13.7. The fraction of sp³-hybridized carbons (Fsp3) is 0.391. The minimum atomic E-state index is -0.972. The predicted octanol–water partition coefficient (Wildman–Crippen LogP) is 2.24. The van der Waals surface area contributed by atoms with Crippen LogP contribution >= 0.6 is 0 Å². The number of nitrogens with one attached hydrogen (secondary N) is 1. The predicted molar refractivity (Wildman–Crippen MR) is 122 cm³/mol. The zero-order chi connectivity index (χ0) is 24.2. The first-order valence-electron chi connectivity index (χ1n) is 10.8. The van der Waals surface area contributed by atoms with Crippen LogP contribution in [0.25, 0.3) is 0 Å². The number of aromatic nitrogens is 2. The fourth-order valence-electron chi connectivity index (χ4n) is 3.70. The van der Waals surface area contributed by atoms with Crippen LogP contribution in [-0.2, 0) is 20.8 Å². The molecule has 11 heteroatoms. The highest BCUT2D eigenvalue weighted by Crippen LogP contribution is 2.25. The van der Waals surface area contributed by atoms with Crippen LogP contribution < -0.4 is 11.1 Å². The van der Waals surface area contributed by atoms with Crippen molar-refractivity contribution in [2.45, 2.75) is 32.0 Å². The van der Waals surface area contributed by atoms with E-state index in [1.54, 1.807) is 6.20 Å². The molecule has 0 spiro atoms. The standard InChI is InChI=1S/C23H26F2N6O3/c1-13-7-28-23(29-16-10-34-11-16)30-21(13)27-8-15-6-17(12-33-2)31(22(32)20(15)26)9-14-3-4-18(24)19(25)5-14/h3-5,7-8,16-17H,6,9-12,26H2,1-2H3,(H,28,29,30)/t17-/m1/s1. The van der Waals surface area contributed by atoms with E-state index in [4.69, 9.17) is 15.2 Å². The third-order valence-corrected chi connectivity index (χ3v) is 5.69. The van der Waals surface area contributed by atoms with E-state index in [-0.39, 0.29) is 30.9 Å². The Labute approximate surface area is 195 Å². The summed E-state index contributed by atoms with van der Waals surface area (Å²) in [6.45, 7) is 3.35. The largest absolute Gasteiger partial charge is 0.394 e. The number of hydrogen-bond acceptors (Lipinski definition) is 8. The molecule has 3 N–H and O–H groups in total. The number of halogens is 2. The van der Waals surface area contributed by atoms with E-state index in [9.17, 15) is 13.6 Å². The number of rotatable bonds is 8. The second-order valence-corrected chi connectivity index (χ2v) is 8.27. The molecule has 1 atom stereocenters. The minimum Gasteiger partial charge on any atom is -0.394 e. The van der Waals surface area contributed by atoms with Gasteiger partial charge in [0.2, 0.25) is 5.95 Å². The topological polar surface area (TPSA) is 115 Å². The van der Waals surface area contributed by atoms with Gasteiger partial charge in [-0.3, -0.25) is 4.79 Å². The Kier molecular flexibility index (Phi) is 7.13. The van der Waals surface area contributed by atoms with Gasteiger partial charge in [-0.05, 0) is 31.0 Å². The van der Waals surface area contributed by atoms with Gasteiger partial charge in [0.05, 0.1) is 31.9 Å². The number of carbonyl (C=O) groups is 1. The molecular formula is C23H26F2N6O3. The highest BCUT2D eigenvalue weighted by atomic mass is 19.2. The van der Waals surface area contributed by atoms with Crippen LogP contribution in [0.4, 0.5) is 20.5 Å². The molecule has 2 aromatic rings. The van der Waals surface area contributed by atoms with Crippen molar-refractivity contribution in [2.24, 2.45) is 10.7 Å². The maximum absolute atomic E-state index is 13.7. The zero-order valence-electron chi connectivity index (χ0n) is 18.9. The molecule has 4 rings (SSSR count). The van der Waals surface area contributed by atoms with Crippen molar-refractivity contribution in [1.29, 1.82) is 0 Å². The first kappa shape index (κ1) is 23.7. The summed E-state index contributed by atoms with van der Waals surface area (Å²) < 4.78 is 37.4. The normalized spacial score (nSPS) is 19.1. The molecule has 0 aliphatic carbocycles. The Balaban J connectivity index is 1.55. The van der Waals surface area contributed by atoms with E-state index in [2.05, 4.69) is 20.3 Å². The average molecular weight is 472 g/mol. The number of carbonyl (C=O) groups excluding carboxylic acids is 1. The van der Waals surface area contributed by atoms with Crippen molar-refractivity contribution in [2.75, 3.05) is 32.2 Å². The number of aryl methyl sites for hydroxylation is 1. The van der Waals surface area contributed by atoms with Crippen LogP contribution in [0.2, 0.25) is 0 Å². The van der Waals surface area contributed by atoms with Gasteiger partial charge in [-0.25, -0.2) is 18.8 Å². The monoisotopic (exact) mass is 472 g/mol. The van der Waals surface area contributed by atoms with Gasteiger partial charge in [0.1, 0.15) is 5.70 Å². The van der Waals surface area contributed by atoms with Crippen molar-refractivity contribution in [3.05, 3.63) is 58.4 Å². The van der Waals surface area contributed by atoms with Crippen LogP contribution in [0.15, 0.2) is 40.7 Å². The summed E-state index contributed by atoms with van der Waals surface area (Å²) >= 11 is 0. The van der Waals surface area contributed by atoms with Gasteiger partial charge < -0.3 is 25.4 Å². The van der Waals surface area contributed by atoms with E-state index in [1.807, 2.05) is 6.92 Å². The molecular weight excluding hydrogens is 446 g/mol. The molecule has 180 valence electrons. The lowest BCUT2D eigenvalue weighted by atomic mass is 9.97. The van der Waals surface area contributed by atoms with Crippen LogP contribution in [0.1, 0.15) is 17.5 Å². The second-order valence-electron chi connectivity index (χ2n) is 8.27. The molecule has 0 radical (unpaired) electrons. The molecule has 0 saturated carbocycles. The van der Waals surface area contributed by atoms with E-state index in [0.29, 0.717) is 42.5 Å². The van der Waals surface area contributed by atoms with Crippen molar-refractivity contribution in [3.63, 3.8) is 0 Å². The smallest absolute Gasteiger partial charge is 0.270 e. The second kappa shape index (κ2) is 10.2. The van der Waals surface area contributed by atoms with Crippen LogP contribution in [-0.4, -0.2) is 66.0 Å². The van der Waals surface area contributed by atoms with Gasteiger partial charge in [0.15, 0.2) is 17.5 Å². The summed E-state index contributed by atoms with van der Waals surface area (Å²) in [7, 11) is 1.53. The molecule has 1 amide bonds. The first-order chi connectivity index (χ1) is 16.4. The van der Waals surface area contributed by atoms with Gasteiger partial charge in [-0.15, -0.1) is 0 Å². The van der Waals surface area contributed by atoms with Gasteiger partial charge >= 0.3 is 0 Å². The summed E-state index contributed by atoms with van der Waals surface area (Å²) in [4.78, 5) is 27.7. The molecule has 2 aliphatic rings. The molecule has 34 heavy (non-hydrogen) atoms. The van der Waals surface area contributed by atoms with Crippen molar-refractivity contribution in [3.8, 4) is 0 Å². The molecule has 0 unspecified atom stereocenters. The Hall–Kier alpha value is -3.44. The van der Waals surface area contributed by atoms with Crippen LogP contribution in [0.3, 0.4) is 0 Å². The Bertz CT molecular complexity index is 1140. The average Bonchev–Trinajstić information content (AvgIpc) is 2.79. The Morgan fingerprint density at radius 1 is 1.35 bits per heavy atom. The van der Waals surface area contributed by atoms with Gasteiger partial charge in [0.25, 0.3) is 5.91 Å². The quantitative estimate of drug-likeness (QED) is 0.566. The third-order valence-electron chi connectivity index (χ3n) is 5.69. The van der Waals surface area contributed by atoms with Crippen molar-refractivity contribution in [1.82, 2.24) is 14.9 Å². The minimum absolute atomic E-state index is 0.0374. The van der Waals surface area contributed by atoms with Crippen LogP contribution in [0.5, 0.6) is 0 Å². The highest BCUT2D eigenvalue weighted by Gasteiger charge is 2.33. The lowest BCUT2D eigenvalue weighted by Crippen LogP contribution is -2.48. The van der Waals surface area contributed by atoms with E-state index < -0.39 is 17.5 Å². The molecule has 1 fully saturated rings. The number of benzene rings is 1. The summed E-state index contributed by atoms with van der Waals surface area (Å²) in [5, 5.41) is 3.17. The first-order valence-corrected chi connectivity index (χ1v) is 10.8. The lowest BCUT2D eigenvalue weighted by molar-refractivity contribution is -0.132. The molecule has 9 nitrogen and oxygen atoms in total. The van der Waals surface area contributed by atoms with Crippen molar-refractivity contribution >= 4 is 23.9 Å². The highest BCUT2D eigenvalue weighted by molar-refractivity contribution is 6.01. The number of hydrogen-bond donors (Lipinski definition) is 2. The number of ether oxygens (including phenoxy) is 2. The van der Waals surface area contributed by atoms with Gasteiger partial charge in [0, 0.05) is 37.2 Å². The molecule has 0 bridgehead atoms. The molecule has 1 aromatic heterocycles. The summed E-state index contributed by atoms with van der Waals surface area (Å²) in [6.07, 6.45) is 3.59. The van der Waals surface area contributed by atoms with E-state index in [1.165, 1.54) is 24.3 Å². The Morgan fingerprint density at radius 2 is 2.15 bits per heavy atom. The zero-order valence-corrected chi connectivity index (χ0v) is 18.9.